The SMILES string of the molecule is C[N@@+]1(CCCc2ncccn2)CCCC(OC(=O)C2(O)c3ccccc3-c3ccccc32)C1. The van der Waals surface area contributed by atoms with Crippen LogP contribution < -0.4 is 0 Å². The maximum absolute atomic E-state index is 13.5. The van der Waals surface area contributed by atoms with E-state index in [4.69, 9.17) is 4.74 Å². The number of aromatic nitrogens is 2. The predicted molar refractivity (Wildman–Crippen MR) is 125 cm³/mol. The summed E-state index contributed by atoms with van der Waals surface area (Å²) in [7, 11) is 2.22. The Labute approximate surface area is 194 Å². The smallest absolute Gasteiger partial charge is 0.348 e. The molecule has 0 spiro atoms. The molecule has 170 valence electrons. The maximum atomic E-state index is 13.5. The molecule has 2 aliphatic rings. The first kappa shape index (κ1) is 21.7. The summed E-state index contributed by atoms with van der Waals surface area (Å²) in [5.41, 5.74) is 1.22. The van der Waals surface area contributed by atoms with E-state index in [2.05, 4.69) is 17.0 Å². The lowest BCUT2D eigenvalue weighted by Crippen LogP contribution is -2.55. The molecule has 1 saturated heterocycles. The standard InChI is InChI=1S/C27H30N3O3/c1-30(18-7-14-25-28-15-8-16-29-25)17-6-9-20(19-30)33-26(31)27(32)23-12-4-2-10-21(23)22-11-3-5-13-24(22)27/h2-5,8,10-13,15-16,20,32H,6-7,9,14,17-19H2,1H3/q+1/t20?,30-/m0/s1. The van der Waals surface area contributed by atoms with Crippen molar-refractivity contribution in [2.75, 3.05) is 26.7 Å². The van der Waals surface area contributed by atoms with Crippen LogP contribution in [0.3, 0.4) is 0 Å². The van der Waals surface area contributed by atoms with E-state index in [-0.39, 0.29) is 6.10 Å². The molecule has 1 unspecified atom stereocenters. The summed E-state index contributed by atoms with van der Waals surface area (Å²) >= 11 is 0. The minimum atomic E-state index is -1.77. The van der Waals surface area contributed by atoms with Gasteiger partial charge in [-0.2, -0.15) is 0 Å². The number of aliphatic hydroxyl groups is 1. The predicted octanol–water partition coefficient (Wildman–Crippen LogP) is 3.48. The van der Waals surface area contributed by atoms with Crippen LogP contribution in [-0.4, -0.2) is 58.3 Å². The van der Waals surface area contributed by atoms with Gasteiger partial charge in [-0.25, -0.2) is 14.8 Å². The average Bonchev–Trinajstić information content (AvgIpc) is 3.10. The number of quaternary nitrogens is 1. The van der Waals surface area contributed by atoms with Crippen molar-refractivity contribution in [1.29, 1.82) is 0 Å². The minimum absolute atomic E-state index is 0.215. The summed E-state index contributed by atoms with van der Waals surface area (Å²) < 4.78 is 6.87. The van der Waals surface area contributed by atoms with E-state index in [0.717, 1.165) is 66.8 Å². The van der Waals surface area contributed by atoms with Gasteiger partial charge in [-0.05, 0) is 23.6 Å². The van der Waals surface area contributed by atoms with E-state index in [9.17, 15) is 9.90 Å². The number of likely N-dealkylation sites (N-methyl/N-ethyl adjacent to an activating group) is 1. The van der Waals surface area contributed by atoms with Crippen LogP contribution in [0.25, 0.3) is 11.1 Å². The van der Waals surface area contributed by atoms with E-state index in [0.29, 0.717) is 11.1 Å². The zero-order valence-electron chi connectivity index (χ0n) is 19.0. The molecule has 0 amide bonds. The quantitative estimate of drug-likeness (QED) is 0.466. The van der Waals surface area contributed by atoms with Gasteiger partial charge < -0.3 is 14.3 Å². The Bertz CT molecular complexity index is 1100. The molecule has 0 radical (unpaired) electrons. The highest BCUT2D eigenvalue weighted by Crippen LogP contribution is 2.48. The van der Waals surface area contributed by atoms with Gasteiger partial charge in [0, 0.05) is 42.8 Å². The molecule has 1 fully saturated rings. The molecule has 0 saturated carbocycles. The maximum Gasteiger partial charge on any atom is 0.348 e. The third-order valence-electron chi connectivity index (χ3n) is 7.08. The Kier molecular flexibility index (Phi) is 5.72. The minimum Gasteiger partial charge on any atom is -0.454 e. The summed E-state index contributed by atoms with van der Waals surface area (Å²) in [4.78, 5) is 22.1. The van der Waals surface area contributed by atoms with Crippen LogP contribution >= 0.6 is 0 Å². The number of ether oxygens (including phenoxy) is 1. The fraction of sp³-hybridized carbons (Fsp3) is 0.370. The number of likely N-dealkylation sites (tertiary alicyclic amines) is 1. The van der Waals surface area contributed by atoms with Crippen LogP contribution in [0.2, 0.25) is 0 Å². The van der Waals surface area contributed by atoms with Crippen molar-refractivity contribution in [3.63, 3.8) is 0 Å². The summed E-state index contributed by atoms with van der Waals surface area (Å²) in [6.07, 6.45) is 6.96. The van der Waals surface area contributed by atoms with Gasteiger partial charge in [-0.1, -0.05) is 48.5 Å². The van der Waals surface area contributed by atoms with Crippen LogP contribution in [0, 0.1) is 0 Å². The van der Waals surface area contributed by atoms with Gasteiger partial charge >= 0.3 is 5.97 Å². The van der Waals surface area contributed by atoms with E-state index < -0.39 is 11.6 Å². The molecule has 1 aliphatic heterocycles. The lowest BCUT2D eigenvalue weighted by atomic mass is 9.91. The number of carbonyl (C=O) groups excluding carboxylic acids is 1. The summed E-state index contributed by atoms with van der Waals surface area (Å²) in [5, 5.41) is 11.7. The molecule has 1 aliphatic carbocycles. The molecule has 3 aromatic rings. The summed E-state index contributed by atoms with van der Waals surface area (Å²) in [6.45, 7) is 2.78. The van der Waals surface area contributed by atoms with Gasteiger partial charge in [-0.15, -0.1) is 0 Å². The molecule has 2 heterocycles. The van der Waals surface area contributed by atoms with Crippen LogP contribution in [0.1, 0.15) is 36.2 Å². The molecular formula is C27H30N3O3+. The molecule has 2 atom stereocenters. The highest BCUT2D eigenvalue weighted by atomic mass is 16.6. The van der Waals surface area contributed by atoms with Crippen molar-refractivity contribution in [3.05, 3.63) is 83.9 Å². The molecule has 6 heteroatoms. The Hall–Kier alpha value is -3.09. The van der Waals surface area contributed by atoms with Crippen molar-refractivity contribution in [3.8, 4) is 11.1 Å². The zero-order chi connectivity index (χ0) is 22.9. The monoisotopic (exact) mass is 444 g/mol. The van der Waals surface area contributed by atoms with Crippen molar-refractivity contribution < 1.29 is 19.1 Å². The first-order chi connectivity index (χ1) is 16.0. The molecule has 2 aromatic carbocycles. The number of fused-ring (bicyclic) bond motifs is 3. The van der Waals surface area contributed by atoms with Gasteiger partial charge in [0.15, 0.2) is 6.10 Å². The Morgan fingerprint density at radius 2 is 1.70 bits per heavy atom. The lowest BCUT2D eigenvalue weighted by Gasteiger charge is -2.41. The molecular weight excluding hydrogens is 414 g/mol. The zero-order valence-corrected chi connectivity index (χ0v) is 19.0. The first-order valence-electron chi connectivity index (χ1n) is 11.7. The van der Waals surface area contributed by atoms with Gasteiger partial charge in [0.05, 0.1) is 20.1 Å². The average molecular weight is 445 g/mol. The van der Waals surface area contributed by atoms with Crippen LogP contribution in [0.5, 0.6) is 0 Å². The topological polar surface area (TPSA) is 72.3 Å². The second-order valence-electron chi connectivity index (χ2n) is 9.49. The Balaban J connectivity index is 1.29. The second kappa shape index (κ2) is 8.69. The first-order valence-corrected chi connectivity index (χ1v) is 11.7. The molecule has 1 N–H and O–H groups in total. The number of nitrogens with zero attached hydrogens (tertiary/aromatic N) is 3. The van der Waals surface area contributed by atoms with Crippen molar-refractivity contribution in [2.45, 2.75) is 37.4 Å². The number of rotatable bonds is 6. The molecule has 33 heavy (non-hydrogen) atoms. The van der Waals surface area contributed by atoms with Gasteiger partial charge in [0.25, 0.3) is 0 Å². The lowest BCUT2D eigenvalue weighted by molar-refractivity contribution is -0.917. The molecule has 6 nitrogen and oxygen atoms in total. The molecule has 5 rings (SSSR count). The van der Waals surface area contributed by atoms with E-state index in [1.807, 2.05) is 54.6 Å². The number of aryl methyl sites for hydroxylation is 1. The Morgan fingerprint density at radius 3 is 2.36 bits per heavy atom. The van der Waals surface area contributed by atoms with Crippen molar-refractivity contribution >= 4 is 5.97 Å². The number of carbonyl (C=O) groups is 1. The van der Waals surface area contributed by atoms with E-state index in [1.54, 1.807) is 12.4 Å². The van der Waals surface area contributed by atoms with Gasteiger partial charge in [-0.3, -0.25) is 0 Å². The van der Waals surface area contributed by atoms with E-state index in [1.165, 1.54) is 0 Å². The molecule has 0 bridgehead atoms. The number of piperidine rings is 1. The van der Waals surface area contributed by atoms with Gasteiger partial charge in [0.1, 0.15) is 12.4 Å². The number of hydrogen-bond acceptors (Lipinski definition) is 5. The molecule has 1 aromatic heterocycles. The van der Waals surface area contributed by atoms with Crippen LogP contribution in [-0.2, 0) is 21.6 Å². The summed E-state index contributed by atoms with van der Waals surface area (Å²) in [5.74, 6) is 0.293. The van der Waals surface area contributed by atoms with E-state index >= 15 is 0 Å². The second-order valence-corrected chi connectivity index (χ2v) is 9.49. The third-order valence-corrected chi connectivity index (χ3v) is 7.08. The van der Waals surface area contributed by atoms with Crippen LogP contribution in [0.4, 0.5) is 0 Å². The highest BCUT2D eigenvalue weighted by Gasteiger charge is 2.50. The van der Waals surface area contributed by atoms with Crippen molar-refractivity contribution in [2.24, 2.45) is 0 Å². The fourth-order valence-electron chi connectivity index (χ4n) is 5.42. The summed E-state index contributed by atoms with van der Waals surface area (Å²) in [6, 6.07) is 16.9. The van der Waals surface area contributed by atoms with Crippen LogP contribution in [0.15, 0.2) is 67.0 Å². The van der Waals surface area contributed by atoms with Gasteiger partial charge in [0.2, 0.25) is 5.60 Å². The number of hydrogen-bond donors (Lipinski definition) is 1. The normalized spacial score (nSPS) is 22.9. The Morgan fingerprint density at radius 1 is 1.06 bits per heavy atom. The largest absolute Gasteiger partial charge is 0.454 e. The highest BCUT2D eigenvalue weighted by molar-refractivity contribution is 5.96. The number of benzene rings is 2. The fourth-order valence-corrected chi connectivity index (χ4v) is 5.42. The third kappa shape index (κ3) is 4.05. The number of esters is 1. The van der Waals surface area contributed by atoms with Crippen molar-refractivity contribution in [1.82, 2.24) is 9.97 Å².